The zero-order chi connectivity index (χ0) is 30.0. The lowest BCUT2D eigenvalue weighted by molar-refractivity contribution is -0.146. The molecule has 2 bridgehead atoms. The molecule has 1 aromatic heterocycles. The summed E-state index contributed by atoms with van der Waals surface area (Å²) in [6.07, 6.45) is 1.26. The van der Waals surface area contributed by atoms with E-state index in [0.717, 1.165) is 10.9 Å². The number of sulfonamides is 1. The predicted octanol–water partition coefficient (Wildman–Crippen LogP) is 3.11. The van der Waals surface area contributed by atoms with Crippen molar-refractivity contribution >= 4 is 38.6 Å². The van der Waals surface area contributed by atoms with Crippen molar-refractivity contribution in [1.82, 2.24) is 24.4 Å². The first-order valence-corrected chi connectivity index (χ1v) is 15.9. The lowest BCUT2D eigenvalue weighted by Crippen LogP contribution is -2.63. The van der Waals surface area contributed by atoms with Gasteiger partial charge in [-0.05, 0) is 42.0 Å². The summed E-state index contributed by atoms with van der Waals surface area (Å²) in [7, 11) is -3.72. The van der Waals surface area contributed by atoms with Gasteiger partial charge in [-0.25, -0.2) is 8.42 Å². The van der Waals surface area contributed by atoms with Crippen LogP contribution in [0.25, 0.3) is 10.9 Å². The van der Waals surface area contributed by atoms with E-state index in [1.165, 1.54) is 4.31 Å². The van der Waals surface area contributed by atoms with Crippen molar-refractivity contribution in [2.24, 2.45) is 5.41 Å². The highest BCUT2D eigenvalue weighted by atomic mass is 32.2. The Bertz CT molecular complexity index is 1660. The van der Waals surface area contributed by atoms with Crippen LogP contribution in [0, 0.1) is 5.41 Å². The lowest BCUT2D eigenvalue weighted by atomic mass is 9.84. The molecule has 3 aromatic rings. The molecule has 2 saturated heterocycles. The van der Waals surface area contributed by atoms with Crippen LogP contribution in [0.5, 0.6) is 0 Å². The van der Waals surface area contributed by atoms with Crippen molar-refractivity contribution in [3.63, 3.8) is 0 Å². The molecule has 3 atom stereocenters. The van der Waals surface area contributed by atoms with Crippen LogP contribution in [0.2, 0.25) is 0 Å². The molecule has 3 aliphatic rings. The average molecular weight is 592 g/mol. The van der Waals surface area contributed by atoms with Gasteiger partial charge in [0.2, 0.25) is 21.8 Å². The topological polar surface area (TPSA) is 123 Å². The van der Waals surface area contributed by atoms with Crippen LogP contribution in [0.4, 0.5) is 0 Å². The number of likely N-dealkylation sites (tertiary alicyclic amines) is 2. The largest absolute Gasteiger partial charge is 0.351 e. The second-order valence-electron chi connectivity index (χ2n) is 12.8. The van der Waals surface area contributed by atoms with E-state index < -0.39 is 27.0 Å². The van der Waals surface area contributed by atoms with Gasteiger partial charge in [-0.3, -0.25) is 14.4 Å². The summed E-state index contributed by atoms with van der Waals surface area (Å²) >= 11 is 0. The smallest absolute Gasteiger partial charge is 0.268 e. The average Bonchev–Trinajstić information content (AvgIpc) is 3.70. The van der Waals surface area contributed by atoms with Crippen molar-refractivity contribution in [2.75, 3.05) is 19.6 Å². The first-order valence-electron chi connectivity index (χ1n) is 14.4. The van der Waals surface area contributed by atoms with Crippen molar-refractivity contribution in [2.45, 2.75) is 69.6 Å². The molecular weight excluding hydrogens is 554 g/mol. The predicted molar refractivity (Wildman–Crippen MR) is 158 cm³/mol. The van der Waals surface area contributed by atoms with Gasteiger partial charge < -0.3 is 20.1 Å². The number of carbonyl (C=O) groups excluding carboxylic acids is 3. The Morgan fingerprint density at radius 3 is 2.50 bits per heavy atom. The van der Waals surface area contributed by atoms with Crippen molar-refractivity contribution in [3.8, 4) is 0 Å². The van der Waals surface area contributed by atoms with E-state index in [1.807, 2.05) is 56.9 Å². The monoisotopic (exact) mass is 591 g/mol. The summed E-state index contributed by atoms with van der Waals surface area (Å²) in [4.78, 5) is 48.0. The van der Waals surface area contributed by atoms with Gasteiger partial charge in [0.25, 0.3) is 5.91 Å². The van der Waals surface area contributed by atoms with Crippen molar-refractivity contribution in [3.05, 3.63) is 65.9 Å². The highest BCUT2D eigenvalue weighted by molar-refractivity contribution is 7.89. The highest BCUT2D eigenvalue weighted by Gasteiger charge is 2.58. The number of H-pyrrole nitrogens is 1. The highest BCUT2D eigenvalue weighted by Crippen LogP contribution is 2.44. The third-order valence-electron chi connectivity index (χ3n) is 9.14. The van der Waals surface area contributed by atoms with Gasteiger partial charge in [-0.1, -0.05) is 64.1 Å². The van der Waals surface area contributed by atoms with E-state index in [-0.39, 0.29) is 41.7 Å². The molecule has 0 saturated carbocycles. The molecule has 0 spiro atoms. The van der Waals surface area contributed by atoms with Gasteiger partial charge in [0.1, 0.15) is 11.7 Å². The SMILES string of the molecule is CCC12CC(CN1C(=O)C(NC(=O)c1cc3ccccc3[nH]1)C(C)(C)C)N(C(=O)CN1Cc3ccccc3S1(=O)=O)C2. The number of carbonyl (C=O) groups is 3. The third-order valence-corrected chi connectivity index (χ3v) is 11.0. The molecule has 6 rings (SSSR count). The van der Waals surface area contributed by atoms with E-state index in [9.17, 15) is 22.8 Å². The summed E-state index contributed by atoms with van der Waals surface area (Å²) in [6.45, 7) is 8.43. The fraction of sp³-hybridized carbons (Fsp3) is 0.452. The fourth-order valence-corrected chi connectivity index (χ4v) is 8.36. The van der Waals surface area contributed by atoms with Gasteiger partial charge in [-0.2, -0.15) is 4.31 Å². The number of hydrogen-bond acceptors (Lipinski definition) is 5. The zero-order valence-corrected chi connectivity index (χ0v) is 25.2. The van der Waals surface area contributed by atoms with Crippen molar-refractivity contribution in [1.29, 1.82) is 0 Å². The minimum absolute atomic E-state index is 0.166. The van der Waals surface area contributed by atoms with Gasteiger partial charge in [0, 0.05) is 30.5 Å². The molecule has 3 aliphatic heterocycles. The number of piperazine rings is 1. The van der Waals surface area contributed by atoms with E-state index in [0.29, 0.717) is 37.2 Å². The molecule has 0 aliphatic carbocycles. The maximum atomic E-state index is 14.2. The third kappa shape index (κ3) is 4.59. The molecule has 2 fully saturated rings. The molecule has 0 radical (unpaired) electrons. The quantitative estimate of drug-likeness (QED) is 0.456. The molecule has 3 amide bonds. The Morgan fingerprint density at radius 2 is 1.81 bits per heavy atom. The molecular formula is C31H37N5O5S. The molecule has 4 heterocycles. The van der Waals surface area contributed by atoms with Gasteiger partial charge >= 0.3 is 0 Å². The minimum atomic E-state index is -3.72. The number of amides is 3. The molecule has 42 heavy (non-hydrogen) atoms. The number of benzene rings is 2. The van der Waals surface area contributed by atoms with E-state index in [2.05, 4.69) is 10.3 Å². The van der Waals surface area contributed by atoms with Crippen LogP contribution in [0.1, 0.15) is 56.6 Å². The number of nitrogens with zero attached hydrogens (tertiary/aromatic N) is 3. The summed E-state index contributed by atoms with van der Waals surface area (Å²) in [5.41, 5.74) is 0.794. The maximum absolute atomic E-state index is 14.2. The van der Waals surface area contributed by atoms with Crippen molar-refractivity contribution < 1.29 is 22.8 Å². The number of para-hydroxylation sites is 1. The van der Waals surface area contributed by atoms with E-state index in [4.69, 9.17) is 0 Å². The van der Waals surface area contributed by atoms with E-state index >= 15 is 0 Å². The molecule has 11 heteroatoms. The number of hydrogen-bond donors (Lipinski definition) is 2. The van der Waals surface area contributed by atoms with Crippen LogP contribution in [0.3, 0.4) is 0 Å². The Morgan fingerprint density at radius 1 is 1.10 bits per heavy atom. The van der Waals surface area contributed by atoms with Crippen LogP contribution >= 0.6 is 0 Å². The summed E-state index contributed by atoms with van der Waals surface area (Å²) in [5.74, 6) is -0.765. The Hall–Kier alpha value is -3.70. The number of fused-ring (bicyclic) bond motifs is 4. The zero-order valence-electron chi connectivity index (χ0n) is 24.4. The molecule has 10 nitrogen and oxygen atoms in total. The second-order valence-corrected chi connectivity index (χ2v) is 14.7. The summed E-state index contributed by atoms with van der Waals surface area (Å²) in [5, 5.41) is 3.91. The molecule has 222 valence electrons. The van der Waals surface area contributed by atoms with Crippen LogP contribution in [-0.4, -0.2) is 82.5 Å². The Balaban J connectivity index is 1.17. The standard InChI is InChI=1S/C31H37N5O5S/c1-5-31-15-22(35(19-31)26(37)18-34-16-21-11-7-9-13-25(21)42(34,40)41)17-36(31)29(39)27(30(2,3)4)33-28(38)24-14-20-10-6-8-12-23(20)32-24/h6-14,22,27,32H,5,15-19H2,1-4H3,(H,33,38). The van der Waals surface area contributed by atoms with Gasteiger partial charge in [0.15, 0.2) is 0 Å². The fourth-order valence-electron chi connectivity index (χ4n) is 6.78. The lowest BCUT2D eigenvalue weighted by Gasteiger charge is -2.45. The van der Waals surface area contributed by atoms with Crippen LogP contribution in [-0.2, 0) is 26.2 Å². The van der Waals surface area contributed by atoms with Crippen LogP contribution < -0.4 is 5.32 Å². The van der Waals surface area contributed by atoms with Gasteiger partial charge in [0.05, 0.1) is 23.0 Å². The second kappa shape index (κ2) is 9.95. The first-order chi connectivity index (χ1) is 19.8. The number of rotatable bonds is 6. The normalized spacial score (nSPS) is 23.8. The molecule has 3 unspecified atom stereocenters. The summed E-state index contributed by atoms with van der Waals surface area (Å²) in [6, 6.07) is 15.2. The minimum Gasteiger partial charge on any atom is -0.351 e. The summed E-state index contributed by atoms with van der Waals surface area (Å²) < 4.78 is 27.3. The number of aromatic amines is 1. The number of aromatic nitrogens is 1. The molecule has 2 N–H and O–H groups in total. The number of nitrogens with one attached hydrogen (secondary N) is 2. The Kier molecular flexibility index (Phi) is 6.73. The molecule has 2 aromatic carbocycles. The maximum Gasteiger partial charge on any atom is 0.268 e. The van der Waals surface area contributed by atoms with Crippen LogP contribution in [0.15, 0.2) is 59.5 Å². The first kappa shape index (κ1) is 28.4. The Labute approximate surface area is 246 Å². The van der Waals surface area contributed by atoms with E-state index in [1.54, 1.807) is 35.2 Å². The van der Waals surface area contributed by atoms with Gasteiger partial charge in [-0.15, -0.1) is 0 Å².